The Hall–Kier alpha value is -1.49. The number of hydrogen-bond donors (Lipinski definition) is 1. The van der Waals surface area contributed by atoms with Crippen molar-refractivity contribution >= 4 is 35.4 Å². The second-order valence-electron chi connectivity index (χ2n) is 6.98. The molecule has 3 rings (SSSR count). The molecular formula is C16H25N5O4S. The minimum absolute atomic E-state index is 0.101. The molecule has 0 aliphatic carbocycles. The average molecular weight is 383 g/mol. The molecule has 3 fully saturated rings. The van der Waals surface area contributed by atoms with Crippen LogP contribution in [0.4, 0.5) is 0 Å². The van der Waals surface area contributed by atoms with Crippen LogP contribution in [-0.4, -0.2) is 113 Å². The lowest BCUT2D eigenvalue weighted by atomic mass is 10.2. The molecule has 1 atom stereocenters. The van der Waals surface area contributed by atoms with E-state index in [0.29, 0.717) is 13.2 Å². The fourth-order valence-electron chi connectivity index (χ4n) is 3.44. The number of carbonyl (C=O) groups is 4. The number of amides is 4. The Morgan fingerprint density at radius 2 is 1.50 bits per heavy atom. The quantitative estimate of drug-likeness (QED) is 0.546. The molecule has 1 N–H and O–H groups in total. The van der Waals surface area contributed by atoms with Crippen LogP contribution >= 0.6 is 11.8 Å². The van der Waals surface area contributed by atoms with E-state index in [9.17, 15) is 19.2 Å². The molecule has 10 heteroatoms. The molecule has 0 aromatic rings. The number of carbonyl (C=O) groups excluding carboxylic acids is 4. The van der Waals surface area contributed by atoms with E-state index in [1.165, 1.54) is 4.90 Å². The van der Waals surface area contributed by atoms with Crippen molar-refractivity contribution in [3.63, 3.8) is 0 Å². The van der Waals surface area contributed by atoms with Gasteiger partial charge in [0.25, 0.3) is 0 Å². The molecule has 9 nitrogen and oxygen atoms in total. The van der Waals surface area contributed by atoms with Gasteiger partial charge in [0.05, 0.1) is 32.8 Å². The average Bonchev–Trinajstić information content (AvgIpc) is 2.58. The fraction of sp³-hybridized carbons (Fsp3) is 0.750. The molecule has 1 unspecified atom stereocenters. The molecule has 0 saturated carbocycles. The van der Waals surface area contributed by atoms with Crippen molar-refractivity contribution in [3.05, 3.63) is 0 Å². The molecule has 3 aliphatic rings. The minimum Gasteiger partial charge on any atom is -0.294 e. The topological polar surface area (TPSA) is 93.3 Å². The molecule has 3 aliphatic heterocycles. The lowest BCUT2D eigenvalue weighted by Gasteiger charge is -2.39. The molecule has 3 heterocycles. The number of thioether (sulfide) groups is 1. The van der Waals surface area contributed by atoms with Gasteiger partial charge in [-0.2, -0.15) is 11.8 Å². The molecule has 144 valence electrons. The zero-order valence-electron chi connectivity index (χ0n) is 15.0. The van der Waals surface area contributed by atoms with E-state index in [4.69, 9.17) is 0 Å². The highest BCUT2D eigenvalue weighted by molar-refractivity contribution is 7.99. The van der Waals surface area contributed by atoms with E-state index >= 15 is 0 Å². The van der Waals surface area contributed by atoms with Crippen LogP contribution in [0.3, 0.4) is 0 Å². The summed E-state index contributed by atoms with van der Waals surface area (Å²) in [6, 6.07) is -0.101. The Kier molecular flexibility index (Phi) is 6.28. The molecule has 0 bridgehead atoms. The molecule has 0 aromatic carbocycles. The van der Waals surface area contributed by atoms with Crippen molar-refractivity contribution in [2.75, 3.05) is 64.0 Å². The maximum atomic E-state index is 12.5. The summed E-state index contributed by atoms with van der Waals surface area (Å²) in [5.74, 6) is 1.07. The van der Waals surface area contributed by atoms with E-state index < -0.39 is 0 Å². The Labute approximate surface area is 157 Å². The first-order valence-corrected chi connectivity index (χ1v) is 10.00. The van der Waals surface area contributed by atoms with Gasteiger partial charge in [0, 0.05) is 37.2 Å². The standard InChI is InChI=1S/C16H25N5O4S/c1-12(20-7-13(22)17-14(23)8-20)6-19-9-15(24)21(16(25)10-19)11-18-2-4-26-5-3-18/h12H,2-11H2,1H3,(H,17,22,23). The van der Waals surface area contributed by atoms with E-state index in [0.717, 1.165) is 24.6 Å². The predicted octanol–water partition coefficient (Wildman–Crippen LogP) is -1.99. The summed E-state index contributed by atoms with van der Waals surface area (Å²) in [5.41, 5.74) is 0. The number of imide groups is 2. The lowest BCUT2D eigenvalue weighted by molar-refractivity contribution is -0.154. The van der Waals surface area contributed by atoms with Crippen molar-refractivity contribution in [3.8, 4) is 0 Å². The largest absolute Gasteiger partial charge is 0.294 e. The molecule has 26 heavy (non-hydrogen) atoms. The molecule has 3 saturated heterocycles. The second kappa shape index (κ2) is 8.47. The summed E-state index contributed by atoms with van der Waals surface area (Å²) in [6.45, 7) is 5.22. The zero-order valence-corrected chi connectivity index (χ0v) is 15.8. The van der Waals surface area contributed by atoms with Crippen LogP contribution in [0, 0.1) is 0 Å². The molecule has 0 radical (unpaired) electrons. The van der Waals surface area contributed by atoms with Gasteiger partial charge in [-0.3, -0.25) is 44.1 Å². The van der Waals surface area contributed by atoms with Gasteiger partial charge in [-0.05, 0) is 6.92 Å². The van der Waals surface area contributed by atoms with Crippen LogP contribution in [0.5, 0.6) is 0 Å². The highest BCUT2D eigenvalue weighted by Crippen LogP contribution is 2.13. The van der Waals surface area contributed by atoms with Crippen LogP contribution < -0.4 is 5.32 Å². The first kappa shape index (κ1) is 19.3. The van der Waals surface area contributed by atoms with E-state index in [1.807, 2.05) is 18.7 Å². The second-order valence-corrected chi connectivity index (χ2v) is 8.21. The zero-order chi connectivity index (χ0) is 18.7. The van der Waals surface area contributed by atoms with Gasteiger partial charge in [-0.25, -0.2) is 0 Å². The monoisotopic (exact) mass is 383 g/mol. The van der Waals surface area contributed by atoms with Gasteiger partial charge in [-0.1, -0.05) is 0 Å². The summed E-state index contributed by atoms with van der Waals surface area (Å²) in [4.78, 5) is 55.0. The molecule has 0 spiro atoms. The van der Waals surface area contributed by atoms with Crippen LogP contribution in [0.2, 0.25) is 0 Å². The summed E-state index contributed by atoms with van der Waals surface area (Å²) >= 11 is 1.89. The molecule has 4 amide bonds. The Balaban J connectivity index is 1.52. The van der Waals surface area contributed by atoms with Crippen LogP contribution in [0.1, 0.15) is 6.92 Å². The maximum Gasteiger partial charge on any atom is 0.244 e. The van der Waals surface area contributed by atoms with Gasteiger partial charge < -0.3 is 0 Å². The molecule has 0 aromatic heterocycles. The van der Waals surface area contributed by atoms with Crippen LogP contribution in [0.25, 0.3) is 0 Å². The molecular weight excluding hydrogens is 358 g/mol. The summed E-state index contributed by atoms with van der Waals surface area (Å²) < 4.78 is 0. The SMILES string of the molecule is CC(CN1CC(=O)N(CN2CCSCC2)C(=O)C1)N1CC(=O)NC(=O)C1. The van der Waals surface area contributed by atoms with Gasteiger partial charge in [0.2, 0.25) is 23.6 Å². The maximum absolute atomic E-state index is 12.5. The first-order chi connectivity index (χ1) is 12.4. The summed E-state index contributed by atoms with van der Waals surface area (Å²) in [7, 11) is 0. The van der Waals surface area contributed by atoms with Crippen molar-refractivity contribution < 1.29 is 19.2 Å². The van der Waals surface area contributed by atoms with Crippen molar-refractivity contribution in [1.82, 2.24) is 24.9 Å². The lowest BCUT2D eigenvalue weighted by Crippen LogP contribution is -2.60. The summed E-state index contributed by atoms with van der Waals surface area (Å²) in [5, 5.41) is 2.27. The first-order valence-electron chi connectivity index (χ1n) is 8.85. The van der Waals surface area contributed by atoms with Gasteiger partial charge >= 0.3 is 0 Å². The van der Waals surface area contributed by atoms with Crippen LogP contribution in [0.15, 0.2) is 0 Å². The number of nitrogens with zero attached hydrogens (tertiary/aromatic N) is 4. The highest BCUT2D eigenvalue weighted by atomic mass is 32.2. The Morgan fingerprint density at radius 3 is 2.08 bits per heavy atom. The van der Waals surface area contributed by atoms with Gasteiger partial charge in [0.15, 0.2) is 0 Å². The van der Waals surface area contributed by atoms with Crippen LogP contribution in [-0.2, 0) is 19.2 Å². The van der Waals surface area contributed by atoms with Gasteiger partial charge in [0.1, 0.15) is 0 Å². The predicted molar refractivity (Wildman–Crippen MR) is 96.2 cm³/mol. The number of hydrogen-bond acceptors (Lipinski definition) is 8. The third-order valence-corrected chi connectivity index (χ3v) is 5.83. The number of piperazine rings is 2. The van der Waals surface area contributed by atoms with E-state index in [1.54, 1.807) is 9.80 Å². The smallest absolute Gasteiger partial charge is 0.244 e. The van der Waals surface area contributed by atoms with Crippen molar-refractivity contribution in [2.24, 2.45) is 0 Å². The third-order valence-electron chi connectivity index (χ3n) is 4.88. The minimum atomic E-state index is -0.315. The highest BCUT2D eigenvalue weighted by Gasteiger charge is 2.34. The fourth-order valence-corrected chi connectivity index (χ4v) is 4.42. The number of rotatable bonds is 5. The number of nitrogens with one attached hydrogen (secondary N) is 1. The van der Waals surface area contributed by atoms with Crippen molar-refractivity contribution in [2.45, 2.75) is 13.0 Å². The van der Waals surface area contributed by atoms with E-state index in [2.05, 4.69) is 10.2 Å². The Bertz CT molecular complexity index is 561. The third kappa shape index (κ3) is 4.81. The van der Waals surface area contributed by atoms with E-state index in [-0.39, 0.29) is 55.8 Å². The Morgan fingerprint density at radius 1 is 0.923 bits per heavy atom. The summed E-state index contributed by atoms with van der Waals surface area (Å²) in [6.07, 6.45) is 0. The van der Waals surface area contributed by atoms with Crippen molar-refractivity contribution in [1.29, 1.82) is 0 Å². The normalized spacial score (nSPS) is 25.5. The van der Waals surface area contributed by atoms with Gasteiger partial charge in [-0.15, -0.1) is 0 Å².